The predicted octanol–water partition coefficient (Wildman–Crippen LogP) is 14.7. The molecule has 0 saturated carbocycles. The van der Waals surface area contributed by atoms with Gasteiger partial charge in [-0.3, -0.25) is 4.79 Å². The Labute approximate surface area is 541 Å². The van der Waals surface area contributed by atoms with Crippen molar-refractivity contribution in [3.05, 3.63) is 109 Å². The smallest absolute Gasteiger partial charge is 0.219 e. The molecule has 0 spiro atoms. The zero-order valence-electron chi connectivity index (χ0n) is 61.6. The van der Waals surface area contributed by atoms with Crippen molar-refractivity contribution in [2.75, 3.05) is 47.8 Å². The summed E-state index contributed by atoms with van der Waals surface area (Å²) in [4.78, 5) is 84.6. The summed E-state index contributed by atoms with van der Waals surface area (Å²) in [5.41, 5.74) is 27.2. The van der Waals surface area contributed by atoms with Crippen LogP contribution in [0.1, 0.15) is 194 Å². The number of rotatable bonds is 7. The minimum absolute atomic E-state index is 0. The van der Waals surface area contributed by atoms with E-state index < -0.39 is 0 Å². The van der Waals surface area contributed by atoms with Gasteiger partial charge in [-0.1, -0.05) is 202 Å². The lowest BCUT2D eigenvalue weighted by Crippen LogP contribution is -2.33. The summed E-state index contributed by atoms with van der Waals surface area (Å²) in [5, 5.41) is 0. The maximum atomic E-state index is 10.7. The van der Waals surface area contributed by atoms with Crippen LogP contribution in [0.25, 0.3) is 0 Å². The monoisotopic (exact) mass is 1260 g/mol. The normalized spacial score (nSPS) is 7.41. The number of carbonyl (C=O) groups excluding carboxylic acids is 10. The molecule has 0 unspecified atom stereocenters. The van der Waals surface area contributed by atoms with Crippen molar-refractivity contribution in [1.82, 2.24) is 29.5 Å². The number of amides is 1. The van der Waals surface area contributed by atoms with Crippen molar-refractivity contribution in [2.24, 2.45) is 46.4 Å². The fourth-order valence-electron chi connectivity index (χ4n) is 2.84. The number of carbonyl (C=O) groups is 10. The summed E-state index contributed by atoms with van der Waals surface area (Å²) in [7, 11) is 6.00. The van der Waals surface area contributed by atoms with E-state index in [1.54, 1.807) is 6.92 Å². The van der Waals surface area contributed by atoms with E-state index in [0.29, 0.717) is 0 Å². The van der Waals surface area contributed by atoms with Gasteiger partial charge in [0.15, 0.2) is 0 Å². The third-order valence-corrected chi connectivity index (χ3v) is 7.43. The van der Waals surface area contributed by atoms with Crippen molar-refractivity contribution in [3.8, 4) is 0 Å². The third-order valence-electron chi connectivity index (χ3n) is 7.43. The van der Waals surface area contributed by atoms with Crippen LogP contribution in [-0.4, -0.2) is 120 Å². The minimum atomic E-state index is 0. The molecule has 1 aliphatic heterocycles. The lowest BCUT2D eigenvalue weighted by Gasteiger charge is -2.24. The van der Waals surface area contributed by atoms with E-state index in [2.05, 4.69) is 181 Å². The van der Waals surface area contributed by atoms with Crippen LogP contribution in [0.4, 0.5) is 0 Å². The lowest BCUT2D eigenvalue weighted by molar-refractivity contribution is -0.129. The van der Waals surface area contributed by atoms with Crippen LogP contribution >= 0.6 is 0 Å². The molecule has 87 heavy (non-hydrogen) atoms. The summed E-state index contributed by atoms with van der Waals surface area (Å²) in [6, 6.07) is 20.9. The Hall–Kier alpha value is -6.20. The predicted molar refractivity (Wildman–Crippen MR) is 395 cm³/mol. The lowest BCUT2D eigenvalue weighted by atomic mass is 10.1. The highest BCUT2D eigenvalue weighted by atomic mass is 16.2. The van der Waals surface area contributed by atoms with Gasteiger partial charge in [-0.25, -0.2) is 0 Å². The molecule has 2 aromatic rings. The molecule has 20 nitrogen and oxygen atoms in total. The number of hydrogen-bond acceptors (Lipinski definition) is 19. The Morgan fingerprint density at radius 3 is 0.724 bits per heavy atom. The van der Waals surface area contributed by atoms with Gasteiger partial charge in [0.2, 0.25) is 5.91 Å². The molecule has 0 aliphatic carbocycles. The first kappa shape index (κ1) is 165. The van der Waals surface area contributed by atoms with E-state index in [-0.39, 0.29) is 30.5 Å². The van der Waals surface area contributed by atoms with Crippen molar-refractivity contribution >= 4 is 67.0 Å². The van der Waals surface area contributed by atoms with Crippen LogP contribution in [0.2, 0.25) is 0 Å². The van der Waals surface area contributed by atoms with Crippen LogP contribution in [-0.2, 0) is 60.8 Å². The molecule has 1 saturated heterocycles. The Morgan fingerprint density at radius 1 is 0.471 bits per heavy atom. The van der Waals surface area contributed by atoms with Gasteiger partial charge in [0.25, 0.3) is 0 Å². The Morgan fingerprint density at radius 2 is 0.655 bits per heavy atom. The van der Waals surface area contributed by atoms with Crippen molar-refractivity contribution in [3.63, 3.8) is 0 Å². The van der Waals surface area contributed by atoms with Crippen LogP contribution < -0.4 is 53.3 Å². The fraction of sp³-hybridized carbons (Fsp3) is 0.582. The van der Waals surface area contributed by atoms with Gasteiger partial charge >= 0.3 is 0 Å². The van der Waals surface area contributed by atoms with Crippen molar-refractivity contribution in [2.45, 2.75) is 196 Å². The van der Waals surface area contributed by atoms with Gasteiger partial charge < -0.3 is 101 Å². The highest BCUT2D eigenvalue weighted by Crippen LogP contribution is 2.07. The molecule has 534 valence electrons. The Bertz CT molecular complexity index is 1080. The molecular weight excluding hydrogens is 1100 g/mol. The molecule has 1 heterocycles. The minimum Gasteiger partial charge on any atom is -0.344 e. The summed E-state index contributed by atoms with van der Waals surface area (Å²) in [5.74, 6) is 2.83. The first-order valence-corrected chi connectivity index (χ1v) is 27.7. The molecule has 1 amide bonds. The van der Waals surface area contributed by atoms with E-state index in [1.165, 1.54) is 89.8 Å². The largest absolute Gasteiger partial charge is 0.344 e. The average molecular weight is 1260 g/mol. The second-order valence-electron chi connectivity index (χ2n) is 14.7. The number of aryl methyl sites for hydroxylation is 2. The van der Waals surface area contributed by atoms with E-state index in [1.807, 2.05) is 125 Å². The number of hydrogen-bond donors (Lipinski definition) is 9. The molecule has 0 atom stereocenters. The molecule has 0 aromatic heterocycles. The van der Waals surface area contributed by atoms with Crippen molar-refractivity contribution < 1.29 is 47.9 Å². The molecule has 22 N–H and O–H groups in total. The topological polar surface area (TPSA) is 444 Å². The molecule has 20 heteroatoms. The molecule has 3 rings (SSSR count). The summed E-state index contributed by atoms with van der Waals surface area (Å²) in [6.45, 7) is 70.5. The quantitative estimate of drug-likeness (QED) is 0.116. The van der Waals surface area contributed by atoms with Gasteiger partial charge in [-0.15, -0.1) is 19.7 Å². The Kier molecular flexibility index (Phi) is 514. The molecule has 0 bridgehead atoms. The standard InChI is InChI=1S/2C8H10.C7H13NO.2C5H12.C5H10.C4H11N.C4H10.C4H8.C2H6.C2H4.4CH5N.9CH2O.4H3N/c2*1-2-8-6-4-3-5-7-8;1-7(9)8-5-3-2-4-6-8;3*1-4-5(2)3;1-2-3-4-5;1-4(2)3;1-3-4-2;15*1-2;;;;/h2*3-7H,2H2,1H3;2-6H2,1H3;2*5H,4H2,1-3H3;2,4H2,1,3H3;2-5H2,1H3;4H,1-3H3;3-4H,1-2H3;1-2H3;1-2H2;4*2H2,1H3;9*1H2;4*1H3/b;;;;;;;;4-3-;;;;;;;;;;;;;;;;;;;. The number of unbranched alkanes of at least 4 members (excludes halogenated alkanes) is 1. The number of likely N-dealkylation sites (tertiary alicyclic amines) is 1. The third kappa shape index (κ3) is 399. The first-order chi connectivity index (χ1) is 40.0. The summed E-state index contributed by atoms with van der Waals surface area (Å²) in [6.07, 6.45) is 16.1. The summed E-state index contributed by atoms with van der Waals surface area (Å²) < 4.78 is 0. The molecule has 1 aliphatic rings. The highest BCUT2D eigenvalue weighted by molar-refractivity contribution is 5.73. The number of nitrogens with two attached hydrogens (primary N) is 5. The van der Waals surface area contributed by atoms with Gasteiger partial charge in [0, 0.05) is 20.0 Å². The second kappa shape index (κ2) is 271. The Balaban J connectivity index is -0.0000000205. The van der Waals surface area contributed by atoms with E-state index in [0.717, 1.165) is 56.7 Å². The SMILES string of the molecule is C/C=C\C.C=C.C=C(C)CC.C=O.C=O.C=O.C=O.C=O.C=O.C=O.C=O.C=O.CC.CC(=O)N1CCCCC1.CC(C)C.CCC(C)C.CCC(C)C.CCCCN.CCc1ccccc1.CCc1ccccc1.CN.CN.CN.CN.N.N.N.N. The number of piperidine rings is 1. The van der Waals surface area contributed by atoms with Crippen molar-refractivity contribution in [1.29, 1.82) is 0 Å². The number of benzene rings is 2. The zero-order chi connectivity index (χ0) is 72.3. The maximum absolute atomic E-state index is 10.7. The number of nitrogens with zero attached hydrogens (tertiary/aromatic N) is 1. The van der Waals surface area contributed by atoms with Crippen LogP contribution in [0.15, 0.2) is 98.1 Å². The van der Waals surface area contributed by atoms with Gasteiger partial charge in [-0.2, -0.15) is 0 Å². The fourth-order valence-corrected chi connectivity index (χ4v) is 2.84. The zero-order valence-corrected chi connectivity index (χ0v) is 61.6. The van der Waals surface area contributed by atoms with Gasteiger partial charge in [0.1, 0.15) is 61.1 Å². The molecule has 0 radical (unpaired) electrons. The van der Waals surface area contributed by atoms with Crippen LogP contribution in [0, 0.1) is 17.8 Å². The first-order valence-electron chi connectivity index (χ1n) is 27.7. The second-order valence-corrected chi connectivity index (χ2v) is 14.7. The number of allylic oxidation sites excluding steroid dienone is 3. The van der Waals surface area contributed by atoms with E-state index >= 15 is 0 Å². The molecular formula is C67H156N10O10. The average Bonchev–Trinajstić information content (AvgIpc) is 3.59. The molecule has 1 fully saturated rings. The maximum Gasteiger partial charge on any atom is 0.219 e. The van der Waals surface area contributed by atoms with E-state index in [4.69, 9.17) is 48.9 Å². The van der Waals surface area contributed by atoms with E-state index in [9.17, 15) is 4.79 Å². The van der Waals surface area contributed by atoms with Gasteiger partial charge in [-0.05, 0) is 129 Å². The van der Waals surface area contributed by atoms with Gasteiger partial charge in [0.05, 0.1) is 0 Å². The van der Waals surface area contributed by atoms with Crippen LogP contribution in [0.5, 0.6) is 0 Å². The van der Waals surface area contributed by atoms with Crippen LogP contribution in [0.3, 0.4) is 0 Å². The summed E-state index contributed by atoms with van der Waals surface area (Å²) >= 11 is 0. The molecule has 2 aromatic carbocycles. The highest BCUT2D eigenvalue weighted by Gasteiger charge is 2.11.